The monoisotopic (exact) mass is 290 g/mol. The van der Waals surface area contributed by atoms with Gasteiger partial charge < -0.3 is 15.0 Å². The van der Waals surface area contributed by atoms with Crippen molar-refractivity contribution in [1.82, 2.24) is 10.2 Å². The average molecular weight is 290 g/mol. The van der Waals surface area contributed by atoms with Gasteiger partial charge in [0.2, 0.25) is 0 Å². The molecule has 0 aromatic heterocycles. The van der Waals surface area contributed by atoms with Crippen LogP contribution >= 0.6 is 0 Å². The predicted octanol–water partition coefficient (Wildman–Crippen LogP) is 2.69. The van der Waals surface area contributed by atoms with Crippen LogP contribution in [0.3, 0.4) is 0 Å². The summed E-state index contributed by atoms with van der Waals surface area (Å²) in [6, 6.07) is 7.91. The van der Waals surface area contributed by atoms with Crippen molar-refractivity contribution in [2.24, 2.45) is 0 Å². The van der Waals surface area contributed by atoms with Gasteiger partial charge in [-0.1, -0.05) is 6.92 Å². The van der Waals surface area contributed by atoms with E-state index in [4.69, 9.17) is 4.74 Å². The fourth-order valence-corrected chi connectivity index (χ4v) is 2.77. The standard InChI is InChI=1S/C17H26N2O2/c1-3-12-19(13-15-6-5-11-18-15)17(20)14-7-9-16(10-8-14)21-4-2/h7-10,15,18H,3-6,11-13H2,1-2H3. The molecule has 1 atom stereocenters. The molecule has 1 fully saturated rings. The summed E-state index contributed by atoms with van der Waals surface area (Å²) in [5.74, 6) is 0.933. The molecular weight excluding hydrogens is 264 g/mol. The Morgan fingerprint density at radius 2 is 2.10 bits per heavy atom. The highest BCUT2D eigenvalue weighted by Gasteiger charge is 2.21. The third-order valence-corrected chi connectivity index (χ3v) is 3.80. The Morgan fingerprint density at radius 3 is 2.67 bits per heavy atom. The molecule has 1 heterocycles. The summed E-state index contributed by atoms with van der Waals surface area (Å²) >= 11 is 0. The number of amides is 1. The second-order valence-electron chi connectivity index (χ2n) is 5.50. The van der Waals surface area contributed by atoms with Gasteiger partial charge in [-0.25, -0.2) is 0 Å². The van der Waals surface area contributed by atoms with Gasteiger partial charge in [-0.3, -0.25) is 4.79 Å². The van der Waals surface area contributed by atoms with Crippen molar-refractivity contribution in [3.63, 3.8) is 0 Å². The number of nitrogens with one attached hydrogen (secondary N) is 1. The summed E-state index contributed by atoms with van der Waals surface area (Å²) in [6.07, 6.45) is 3.36. The van der Waals surface area contributed by atoms with E-state index in [0.717, 1.165) is 43.8 Å². The van der Waals surface area contributed by atoms with Crippen molar-refractivity contribution in [1.29, 1.82) is 0 Å². The maximum Gasteiger partial charge on any atom is 0.253 e. The molecule has 1 aliphatic rings. The number of ether oxygens (including phenoxy) is 1. The summed E-state index contributed by atoms with van der Waals surface area (Å²) < 4.78 is 5.42. The number of carbonyl (C=O) groups excluding carboxylic acids is 1. The summed E-state index contributed by atoms with van der Waals surface area (Å²) in [5, 5.41) is 3.46. The lowest BCUT2D eigenvalue weighted by atomic mass is 10.1. The zero-order valence-electron chi connectivity index (χ0n) is 13.1. The van der Waals surface area contributed by atoms with E-state index in [2.05, 4.69) is 12.2 Å². The van der Waals surface area contributed by atoms with Crippen LogP contribution < -0.4 is 10.1 Å². The van der Waals surface area contributed by atoms with Gasteiger partial charge in [-0.15, -0.1) is 0 Å². The second kappa shape index (κ2) is 8.03. The molecule has 1 amide bonds. The normalized spacial score (nSPS) is 17.7. The summed E-state index contributed by atoms with van der Waals surface area (Å²) in [4.78, 5) is 14.6. The molecule has 21 heavy (non-hydrogen) atoms. The predicted molar refractivity (Wildman–Crippen MR) is 84.8 cm³/mol. The molecule has 1 saturated heterocycles. The first-order valence-electron chi connectivity index (χ1n) is 8.00. The van der Waals surface area contributed by atoms with E-state index >= 15 is 0 Å². The van der Waals surface area contributed by atoms with Gasteiger partial charge in [-0.05, 0) is 57.0 Å². The van der Waals surface area contributed by atoms with Gasteiger partial charge in [0.25, 0.3) is 5.91 Å². The fraction of sp³-hybridized carbons (Fsp3) is 0.588. The van der Waals surface area contributed by atoms with Gasteiger partial charge in [0.15, 0.2) is 0 Å². The quantitative estimate of drug-likeness (QED) is 0.839. The zero-order chi connectivity index (χ0) is 15.1. The highest BCUT2D eigenvalue weighted by molar-refractivity contribution is 5.94. The molecule has 116 valence electrons. The van der Waals surface area contributed by atoms with Crippen molar-refractivity contribution in [3.05, 3.63) is 29.8 Å². The van der Waals surface area contributed by atoms with E-state index in [1.807, 2.05) is 36.1 Å². The molecule has 4 heteroatoms. The van der Waals surface area contributed by atoms with Crippen molar-refractivity contribution in [2.45, 2.75) is 39.2 Å². The molecule has 1 aliphatic heterocycles. The topological polar surface area (TPSA) is 41.6 Å². The van der Waals surface area contributed by atoms with Crippen LogP contribution in [-0.2, 0) is 0 Å². The third kappa shape index (κ3) is 4.46. The summed E-state index contributed by atoms with van der Waals surface area (Å²) in [5.41, 5.74) is 0.741. The first-order chi connectivity index (χ1) is 10.2. The Hall–Kier alpha value is -1.55. The minimum Gasteiger partial charge on any atom is -0.494 e. The number of rotatable bonds is 7. The summed E-state index contributed by atoms with van der Waals surface area (Å²) in [6.45, 7) is 7.39. The van der Waals surface area contributed by atoms with Crippen LogP contribution in [0, 0.1) is 0 Å². The first kappa shape index (κ1) is 15.8. The number of hydrogen-bond donors (Lipinski definition) is 1. The molecule has 0 spiro atoms. The van der Waals surface area contributed by atoms with Crippen molar-refractivity contribution < 1.29 is 9.53 Å². The Bertz CT molecular complexity index is 439. The second-order valence-corrected chi connectivity index (χ2v) is 5.50. The molecule has 1 aromatic rings. The van der Waals surface area contributed by atoms with E-state index in [1.165, 1.54) is 6.42 Å². The van der Waals surface area contributed by atoms with Gasteiger partial charge in [-0.2, -0.15) is 0 Å². The van der Waals surface area contributed by atoms with Gasteiger partial charge in [0.1, 0.15) is 5.75 Å². The van der Waals surface area contributed by atoms with Crippen LogP contribution in [0.25, 0.3) is 0 Å². The molecule has 0 saturated carbocycles. The van der Waals surface area contributed by atoms with Gasteiger partial charge in [0, 0.05) is 24.7 Å². The molecule has 0 aliphatic carbocycles. The smallest absolute Gasteiger partial charge is 0.253 e. The van der Waals surface area contributed by atoms with Crippen LogP contribution in [0.15, 0.2) is 24.3 Å². The van der Waals surface area contributed by atoms with Crippen LogP contribution in [0.4, 0.5) is 0 Å². The SMILES string of the molecule is CCCN(CC1CCCN1)C(=O)c1ccc(OCC)cc1. The molecule has 4 nitrogen and oxygen atoms in total. The van der Waals surface area contributed by atoms with Crippen molar-refractivity contribution in [2.75, 3.05) is 26.2 Å². The Balaban J connectivity index is 2.02. The Kier molecular flexibility index (Phi) is 6.05. The van der Waals surface area contributed by atoms with Gasteiger partial charge in [0.05, 0.1) is 6.61 Å². The number of hydrogen-bond acceptors (Lipinski definition) is 3. The third-order valence-electron chi connectivity index (χ3n) is 3.80. The van der Waals surface area contributed by atoms with Crippen molar-refractivity contribution >= 4 is 5.91 Å². The van der Waals surface area contributed by atoms with E-state index < -0.39 is 0 Å². The Labute approximate surface area is 127 Å². The maximum atomic E-state index is 12.6. The molecule has 0 radical (unpaired) electrons. The lowest BCUT2D eigenvalue weighted by molar-refractivity contribution is 0.0742. The minimum absolute atomic E-state index is 0.119. The van der Waals surface area contributed by atoms with Crippen LogP contribution in [0.2, 0.25) is 0 Å². The van der Waals surface area contributed by atoms with E-state index in [-0.39, 0.29) is 5.91 Å². The zero-order valence-corrected chi connectivity index (χ0v) is 13.1. The van der Waals surface area contributed by atoms with Gasteiger partial charge >= 0.3 is 0 Å². The van der Waals surface area contributed by atoms with Crippen LogP contribution in [0.5, 0.6) is 5.75 Å². The average Bonchev–Trinajstić information content (AvgIpc) is 3.00. The number of benzene rings is 1. The van der Waals surface area contributed by atoms with E-state index in [9.17, 15) is 4.79 Å². The minimum atomic E-state index is 0.119. The Morgan fingerprint density at radius 1 is 1.33 bits per heavy atom. The maximum absolute atomic E-state index is 12.6. The highest BCUT2D eigenvalue weighted by Crippen LogP contribution is 2.15. The largest absolute Gasteiger partial charge is 0.494 e. The van der Waals surface area contributed by atoms with E-state index in [1.54, 1.807) is 0 Å². The lowest BCUT2D eigenvalue weighted by Gasteiger charge is -2.25. The number of carbonyl (C=O) groups is 1. The van der Waals surface area contributed by atoms with Crippen molar-refractivity contribution in [3.8, 4) is 5.75 Å². The molecule has 0 bridgehead atoms. The van der Waals surface area contributed by atoms with E-state index in [0.29, 0.717) is 12.6 Å². The number of nitrogens with zero attached hydrogens (tertiary/aromatic N) is 1. The lowest BCUT2D eigenvalue weighted by Crippen LogP contribution is -2.41. The molecule has 1 aromatic carbocycles. The summed E-state index contributed by atoms with van der Waals surface area (Å²) in [7, 11) is 0. The molecule has 2 rings (SSSR count). The molecule has 1 unspecified atom stereocenters. The first-order valence-corrected chi connectivity index (χ1v) is 8.00. The molecule has 1 N–H and O–H groups in total. The highest BCUT2D eigenvalue weighted by atomic mass is 16.5. The fourth-order valence-electron chi connectivity index (χ4n) is 2.77. The molecular formula is C17H26N2O2. The van der Waals surface area contributed by atoms with Crippen LogP contribution in [0.1, 0.15) is 43.5 Å². The van der Waals surface area contributed by atoms with Crippen LogP contribution in [-0.4, -0.2) is 43.1 Å².